The number of ether oxygens (including phenoxy) is 3. The number of halogens is 1. The molecule has 152 valence electrons. The highest BCUT2D eigenvalue weighted by Gasteiger charge is 2.23. The lowest BCUT2D eigenvalue weighted by atomic mass is 10.1. The summed E-state index contributed by atoms with van der Waals surface area (Å²) in [7, 11) is 1.61. The number of methoxy groups -OCH3 is 1. The Balaban J connectivity index is 1.62. The molecule has 1 saturated heterocycles. The third-order valence-electron chi connectivity index (χ3n) is 4.55. The monoisotopic (exact) mass is 433 g/mol. The molecule has 1 N–H and O–H groups in total. The van der Waals surface area contributed by atoms with Gasteiger partial charge in [-0.05, 0) is 24.6 Å². The summed E-state index contributed by atoms with van der Waals surface area (Å²) < 4.78 is 18.1. The van der Waals surface area contributed by atoms with Crippen molar-refractivity contribution in [3.63, 3.8) is 0 Å². The summed E-state index contributed by atoms with van der Waals surface area (Å²) in [5.41, 5.74) is 2.70. The normalized spacial score (nSPS) is 17.1. The smallest absolute Gasteiger partial charge is 0.257 e. The van der Waals surface area contributed by atoms with Gasteiger partial charge in [-0.2, -0.15) is 0 Å². The number of alkyl halides is 1. The highest BCUT2D eigenvalue weighted by Crippen LogP contribution is 2.39. The number of carbonyl (C=O) groups excluding carboxylic acids is 1. The van der Waals surface area contributed by atoms with Gasteiger partial charge >= 0.3 is 0 Å². The van der Waals surface area contributed by atoms with Crippen molar-refractivity contribution in [1.29, 1.82) is 0 Å². The van der Waals surface area contributed by atoms with E-state index in [1.54, 1.807) is 25.4 Å². The predicted octanol–water partition coefficient (Wildman–Crippen LogP) is 4.17. The number of pyridine rings is 1. The first-order chi connectivity index (χ1) is 14.2. The van der Waals surface area contributed by atoms with Crippen molar-refractivity contribution in [1.82, 2.24) is 9.97 Å². The molecule has 1 aliphatic rings. The van der Waals surface area contributed by atoms with Crippen molar-refractivity contribution >= 4 is 44.2 Å². The third kappa shape index (κ3) is 4.35. The van der Waals surface area contributed by atoms with Crippen LogP contribution in [0.5, 0.6) is 5.75 Å². The van der Waals surface area contributed by atoms with Crippen LogP contribution in [-0.2, 0) is 15.4 Å². The van der Waals surface area contributed by atoms with E-state index in [1.807, 2.05) is 12.1 Å². The molecule has 29 heavy (non-hydrogen) atoms. The lowest BCUT2D eigenvalue weighted by Crippen LogP contribution is -2.12. The van der Waals surface area contributed by atoms with E-state index in [-0.39, 0.29) is 17.9 Å². The van der Waals surface area contributed by atoms with Crippen LogP contribution in [0.25, 0.3) is 10.2 Å². The Bertz CT molecular complexity index is 1020. The number of fused-ring (bicyclic) bond motifs is 1. The number of benzene rings is 1. The Morgan fingerprint density at radius 1 is 1.38 bits per heavy atom. The van der Waals surface area contributed by atoms with E-state index < -0.39 is 0 Å². The van der Waals surface area contributed by atoms with Crippen molar-refractivity contribution in [2.75, 3.05) is 32.2 Å². The molecule has 1 amide bonds. The van der Waals surface area contributed by atoms with Gasteiger partial charge in [-0.25, -0.2) is 4.98 Å². The molecule has 0 bridgehead atoms. The molecule has 1 fully saturated rings. The molecular weight excluding hydrogens is 414 g/mol. The van der Waals surface area contributed by atoms with Crippen LogP contribution in [0.4, 0.5) is 5.13 Å². The first kappa shape index (κ1) is 20.0. The van der Waals surface area contributed by atoms with Crippen LogP contribution in [0.1, 0.15) is 34.1 Å². The van der Waals surface area contributed by atoms with E-state index in [2.05, 4.69) is 15.3 Å². The number of carbonyl (C=O) groups is 1. The van der Waals surface area contributed by atoms with Crippen LogP contribution < -0.4 is 10.1 Å². The average molecular weight is 434 g/mol. The number of hydrogen-bond donors (Lipinski definition) is 1. The zero-order valence-electron chi connectivity index (χ0n) is 15.8. The second kappa shape index (κ2) is 9.04. The largest absolute Gasteiger partial charge is 0.494 e. The second-order valence-corrected chi connectivity index (χ2v) is 7.76. The van der Waals surface area contributed by atoms with E-state index in [9.17, 15) is 4.79 Å². The van der Waals surface area contributed by atoms with Crippen LogP contribution in [0, 0.1) is 0 Å². The molecule has 1 aliphatic heterocycles. The molecule has 4 rings (SSSR count). The van der Waals surface area contributed by atoms with Crippen LogP contribution in [0.2, 0.25) is 0 Å². The van der Waals surface area contributed by atoms with Gasteiger partial charge < -0.3 is 14.2 Å². The fourth-order valence-electron chi connectivity index (χ4n) is 3.17. The van der Waals surface area contributed by atoms with Crippen LogP contribution >= 0.6 is 22.9 Å². The number of thiazole rings is 1. The van der Waals surface area contributed by atoms with Crippen molar-refractivity contribution in [3.05, 3.63) is 47.3 Å². The molecule has 3 heterocycles. The maximum Gasteiger partial charge on any atom is 0.257 e. The Morgan fingerprint density at radius 2 is 2.28 bits per heavy atom. The van der Waals surface area contributed by atoms with Gasteiger partial charge in [0.05, 0.1) is 30.0 Å². The molecule has 0 radical (unpaired) electrons. The molecule has 1 unspecified atom stereocenters. The summed E-state index contributed by atoms with van der Waals surface area (Å²) in [5.74, 6) is 0.621. The van der Waals surface area contributed by atoms with Gasteiger partial charge in [0.15, 0.2) is 10.9 Å². The Hall–Kier alpha value is -2.26. The minimum Gasteiger partial charge on any atom is -0.494 e. The molecular formula is C20H20ClN3O4S. The maximum absolute atomic E-state index is 12.6. The number of aromatic nitrogens is 2. The Kier molecular flexibility index (Phi) is 6.25. The molecule has 2 aromatic heterocycles. The van der Waals surface area contributed by atoms with Gasteiger partial charge in [0.2, 0.25) is 0 Å². The minimum absolute atomic E-state index is 0.206. The Labute approximate surface area is 177 Å². The first-order valence-electron chi connectivity index (χ1n) is 9.18. The molecule has 1 atom stereocenters. The van der Waals surface area contributed by atoms with E-state index in [4.69, 9.17) is 25.8 Å². The number of amides is 1. The molecule has 3 aromatic rings. The third-order valence-corrected chi connectivity index (χ3v) is 5.76. The maximum atomic E-state index is 12.6. The number of nitrogens with zero attached hydrogens (tertiary/aromatic N) is 2. The minimum atomic E-state index is -0.266. The molecule has 0 spiro atoms. The molecule has 7 nitrogen and oxygen atoms in total. The fourth-order valence-corrected chi connectivity index (χ4v) is 4.18. The van der Waals surface area contributed by atoms with Crippen molar-refractivity contribution in [2.24, 2.45) is 0 Å². The summed E-state index contributed by atoms with van der Waals surface area (Å²) in [6.07, 6.45) is 2.23. The first-order valence-corrected chi connectivity index (χ1v) is 10.5. The lowest BCUT2D eigenvalue weighted by Gasteiger charge is -2.18. The standard InChI is InChI=1S/C20H20ClN3O4S/c1-26-18-14(15-11-27-7-2-8-28-15)3-4-16-17(18)23-20(29-16)24-19(25)12-5-6-22-13(9-12)10-21/h3-6,9,15H,2,7-8,10-11H2,1H3,(H,23,24,25). The topological polar surface area (TPSA) is 82.6 Å². The summed E-state index contributed by atoms with van der Waals surface area (Å²) in [6, 6.07) is 7.24. The summed E-state index contributed by atoms with van der Waals surface area (Å²) in [4.78, 5) is 21.3. The highest BCUT2D eigenvalue weighted by molar-refractivity contribution is 7.22. The Morgan fingerprint density at radius 3 is 3.10 bits per heavy atom. The van der Waals surface area contributed by atoms with Gasteiger partial charge in [-0.15, -0.1) is 11.6 Å². The van der Waals surface area contributed by atoms with Gasteiger partial charge in [-0.1, -0.05) is 17.4 Å². The highest BCUT2D eigenvalue weighted by atomic mass is 35.5. The quantitative estimate of drug-likeness (QED) is 0.608. The van der Waals surface area contributed by atoms with Crippen molar-refractivity contribution in [3.8, 4) is 5.75 Å². The molecule has 1 aromatic carbocycles. The summed E-state index contributed by atoms with van der Waals surface area (Å²) in [5, 5.41) is 3.33. The summed E-state index contributed by atoms with van der Waals surface area (Å²) in [6.45, 7) is 1.80. The molecule has 0 saturated carbocycles. The van der Waals surface area contributed by atoms with Crippen LogP contribution in [-0.4, -0.2) is 42.8 Å². The number of hydrogen-bond acceptors (Lipinski definition) is 7. The van der Waals surface area contributed by atoms with Crippen molar-refractivity contribution < 1.29 is 19.0 Å². The van der Waals surface area contributed by atoms with E-state index in [0.29, 0.717) is 47.5 Å². The lowest BCUT2D eigenvalue weighted by molar-refractivity contribution is 0.0240. The van der Waals surface area contributed by atoms with E-state index in [0.717, 1.165) is 16.7 Å². The average Bonchev–Trinajstić information content (AvgIpc) is 2.97. The number of nitrogens with one attached hydrogen (secondary N) is 1. The molecule has 9 heteroatoms. The SMILES string of the molecule is COc1c(C2COCCCO2)ccc2sc(NC(=O)c3ccnc(CCl)c3)nc12. The van der Waals surface area contributed by atoms with Crippen LogP contribution in [0.15, 0.2) is 30.5 Å². The van der Waals surface area contributed by atoms with Gasteiger partial charge in [0.1, 0.15) is 11.6 Å². The van der Waals surface area contributed by atoms with Crippen molar-refractivity contribution in [2.45, 2.75) is 18.4 Å². The summed E-state index contributed by atoms with van der Waals surface area (Å²) >= 11 is 7.18. The molecule has 0 aliphatic carbocycles. The zero-order valence-corrected chi connectivity index (χ0v) is 17.4. The zero-order chi connectivity index (χ0) is 20.2. The number of anilines is 1. The number of rotatable bonds is 5. The fraction of sp³-hybridized carbons (Fsp3) is 0.350. The van der Waals surface area contributed by atoms with Gasteiger partial charge in [0, 0.05) is 30.5 Å². The van der Waals surface area contributed by atoms with Gasteiger partial charge in [0.25, 0.3) is 5.91 Å². The predicted molar refractivity (Wildman–Crippen MR) is 112 cm³/mol. The van der Waals surface area contributed by atoms with E-state index >= 15 is 0 Å². The second-order valence-electron chi connectivity index (χ2n) is 6.47. The van der Waals surface area contributed by atoms with Gasteiger partial charge in [-0.3, -0.25) is 15.1 Å². The van der Waals surface area contributed by atoms with Crippen LogP contribution in [0.3, 0.4) is 0 Å². The van der Waals surface area contributed by atoms with E-state index in [1.165, 1.54) is 11.3 Å².